The summed E-state index contributed by atoms with van der Waals surface area (Å²) in [5, 5.41) is 2.74. The van der Waals surface area contributed by atoms with Gasteiger partial charge in [0.25, 0.3) is 0 Å². The van der Waals surface area contributed by atoms with E-state index in [4.69, 9.17) is 0 Å². The zero-order valence-corrected chi connectivity index (χ0v) is 14.6. The van der Waals surface area contributed by atoms with Gasteiger partial charge in [0.2, 0.25) is 11.8 Å². The fraction of sp³-hybridized carbons (Fsp3) is 0.300. The molecule has 0 bridgehead atoms. The number of rotatable bonds is 7. The number of anilines is 1. The fourth-order valence-electron chi connectivity index (χ4n) is 2.53. The van der Waals surface area contributed by atoms with Gasteiger partial charge in [-0.25, -0.2) is 4.39 Å². The molecule has 0 aromatic heterocycles. The molecule has 2 amide bonds. The minimum Gasteiger partial charge on any atom is -0.354 e. The van der Waals surface area contributed by atoms with Crippen LogP contribution in [-0.2, 0) is 22.4 Å². The molecule has 0 unspecified atom stereocenters. The molecule has 0 heterocycles. The van der Waals surface area contributed by atoms with Gasteiger partial charge >= 0.3 is 0 Å². The van der Waals surface area contributed by atoms with Crippen LogP contribution in [0.3, 0.4) is 0 Å². The van der Waals surface area contributed by atoms with E-state index in [0.29, 0.717) is 24.2 Å². The van der Waals surface area contributed by atoms with Gasteiger partial charge in [0, 0.05) is 19.2 Å². The van der Waals surface area contributed by atoms with Gasteiger partial charge in [0.05, 0.1) is 0 Å². The summed E-state index contributed by atoms with van der Waals surface area (Å²) in [6.07, 6.45) is 1.32. The van der Waals surface area contributed by atoms with Crippen LogP contribution < -0.4 is 10.2 Å². The zero-order valence-electron chi connectivity index (χ0n) is 14.6. The van der Waals surface area contributed by atoms with E-state index in [0.717, 1.165) is 6.42 Å². The Bertz CT molecular complexity index is 729. The highest BCUT2D eigenvalue weighted by Crippen LogP contribution is 2.16. The van der Waals surface area contributed by atoms with E-state index in [1.165, 1.54) is 23.5 Å². The van der Waals surface area contributed by atoms with E-state index in [2.05, 4.69) is 12.2 Å². The SMILES string of the molecule is CCc1ccc(N(CC(=O)NCCc2ccccc2F)C(C)=O)cc1. The number of benzene rings is 2. The molecule has 25 heavy (non-hydrogen) atoms. The maximum absolute atomic E-state index is 13.5. The first kappa shape index (κ1) is 18.6. The monoisotopic (exact) mass is 342 g/mol. The highest BCUT2D eigenvalue weighted by Gasteiger charge is 2.15. The summed E-state index contributed by atoms with van der Waals surface area (Å²) in [7, 11) is 0. The smallest absolute Gasteiger partial charge is 0.240 e. The predicted octanol–water partition coefficient (Wildman–Crippen LogP) is 3.10. The van der Waals surface area contributed by atoms with Gasteiger partial charge in [0.15, 0.2) is 0 Å². The van der Waals surface area contributed by atoms with Crippen molar-refractivity contribution in [1.82, 2.24) is 5.32 Å². The first-order valence-electron chi connectivity index (χ1n) is 8.38. The Kier molecular flexibility index (Phi) is 6.69. The number of halogens is 1. The number of nitrogens with zero attached hydrogens (tertiary/aromatic N) is 1. The van der Waals surface area contributed by atoms with Gasteiger partial charge in [-0.05, 0) is 42.2 Å². The molecule has 0 radical (unpaired) electrons. The minimum atomic E-state index is -0.280. The average Bonchev–Trinajstić information content (AvgIpc) is 2.61. The third-order valence-corrected chi connectivity index (χ3v) is 4.01. The molecule has 0 saturated carbocycles. The minimum absolute atomic E-state index is 0.0575. The summed E-state index contributed by atoms with van der Waals surface area (Å²) < 4.78 is 13.5. The molecule has 4 nitrogen and oxygen atoms in total. The Morgan fingerprint density at radius 3 is 2.36 bits per heavy atom. The Balaban J connectivity index is 1.91. The van der Waals surface area contributed by atoms with Gasteiger partial charge in [-0.2, -0.15) is 0 Å². The lowest BCUT2D eigenvalue weighted by Crippen LogP contribution is -2.40. The first-order valence-corrected chi connectivity index (χ1v) is 8.38. The topological polar surface area (TPSA) is 49.4 Å². The molecule has 0 spiro atoms. The molecule has 5 heteroatoms. The van der Waals surface area contributed by atoms with Crippen LogP contribution in [0.25, 0.3) is 0 Å². The van der Waals surface area contributed by atoms with Crippen molar-refractivity contribution in [3.8, 4) is 0 Å². The lowest BCUT2D eigenvalue weighted by atomic mass is 10.1. The van der Waals surface area contributed by atoms with Crippen molar-refractivity contribution in [2.24, 2.45) is 0 Å². The van der Waals surface area contributed by atoms with Crippen molar-refractivity contribution in [3.63, 3.8) is 0 Å². The highest BCUT2D eigenvalue weighted by atomic mass is 19.1. The van der Waals surface area contributed by atoms with Crippen molar-refractivity contribution in [3.05, 3.63) is 65.5 Å². The van der Waals surface area contributed by atoms with Crippen molar-refractivity contribution in [1.29, 1.82) is 0 Å². The molecule has 0 saturated heterocycles. The summed E-state index contributed by atoms with van der Waals surface area (Å²) in [6, 6.07) is 14.1. The Hall–Kier alpha value is -2.69. The number of hydrogen-bond donors (Lipinski definition) is 1. The molecule has 0 aliphatic heterocycles. The van der Waals surface area contributed by atoms with Crippen molar-refractivity contribution >= 4 is 17.5 Å². The first-order chi connectivity index (χ1) is 12.0. The molecule has 0 atom stereocenters. The van der Waals surface area contributed by atoms with Crippen LogP contribution in [0.5, 0.6) is 0 Å². The highest BCUT2D eigenvalue weighted by molar-refractivity contribution is 5.97. The second-order valence-corrected chi connectivity index (χ2v) is 5.82. The molecule has 2 rings (SSSR count). The van der Waals surface area contributed by atoms with E-state index < -0.39 is 0 Å². The van der Waals surface area contributed by atoms with E-state index >= 15 is 0 Å². The average molecular weight is 342 g/mol. The van der Waals surface area contributed by atoms with Crippen molar-refractivity contribution < 1.29 is 14.0 Å². The Morgan fingerprint density at radius 2 is 1.76 bits per heavy atom. The third kappa shape index (κ3) is 5.41. The predicted molar refractivity (Wildman–Crippen MR) is 97.0 cm³/mol. The molecule has 1 N–H and O–H groups in total. The fourth-order valence-corrected chi connectivity index (χ4v) is 2.53. The standard InChI is InChI=1S/C20H23FN2O2/c1-3-16-8-10-18(11-9-16)23(15(2)24)14-20(25)22-13-12-17-6-4-5-7-19(17)21/h4-11H,3,12-14H2,1-2H3,(H,22,25). The van der Waals surface area contributed by atoms with E-state index in [9.17, 15) is 14.0 Å². The van der Waals surface area contributed by atoms with Crippen LogP contribution in [0.2, 0.25) is 0 Å². The molecular formula is C20H23FN2O2. The molecule has 132 valence electrons. The number of carbonyl (C=O) groups is 2. The number of amides is 2. The van der Waals surface area contributed by atoms with Crippen LogP contribution in [-0.4, -0.2) is 24.9 Å². The van der Waals surface area contributed by atoms with Crippen molar-refractivity contribution in [2.75, 3.05) is 18.0 Å². The van der Waals surface area contributed by atoms with Crippen LogP contribution in [0.4, 0.5) is 10.1 Å². The zero-order chi connectivity index (χ0) is 18.2. The van der Waals surface area contributed by atoms with E-state index in [-0.39, 0.29) is 24.2 Å². The normalized spacial score (nSPS) is 10.4. The van der Waals surface area contributed by atoms with Gasteiger partial charge in [-0.15, -0.1) is 0 Å². The Morgan fingerprint density at radius 1 is 1.08 bits per heavy atom. The summed E-state index contributed by atoms with van der Waals surface area (Å²) in [4.78, 5) is 25.4. The summed E-state index contributed by atoms with van der Waals surface area (Å²) >= 11 is 0. The van der Waals surface area contributed by atoms with Gasteiger partial charge in [-0.3, -0.25) is 9.59 Å². The number of aryl methyl sites for hydroxylation is 1. The third-order valence-electron chi connectivity index (χ3n) is 4.01. The van der Waals surface area contributed by atoms with Gasteiger partial charge in [-0.1, -0.05) is 37.3 Å². The van der Waals surface area contributed by atoms with E-state index in [1.54, 1.807) is 18.2 Å². The molecule has 0 fully saturated rings. The molecule has 0 aliphatic carbocycles. The number of hydrogen-bond acceptors (Lipinski definition) is 2. The van der Waals surface area contributed by atoms with Gasteiger partial charge in [0.1, 0.15) is 12.4 Å². The number of carbonyl (C=O) groups excluding carboxylic acids is 2. The summed E-state index contributed by atoms with van der Waals surface area (Å²) in [5.74, 6) is -0.752. The second-order valence-electron chi connectivity index (χ2n) is 5.82. The van der Waals surface area contributed by atoms with Crippen LogP contribution in [0.1, 0.15) is 25.0 Å². The molecule has 2 aromatic rings. The largest absolute Gasteiger partial charge is 0.354 e. The van der Waals surface area contributed by atoms with Crippen LogP contribution in [0, 0.1) is 5.82 Å². The number of nitrogens with one attached hydrogen (secondary N) is 1. The second kappa shape index (κ2) is 8.97. The van der Waals surface area contributed by atoms with Crippen molar-refractivity contribution in [2.45, 2.75) is 26.7 Å². The molecule has 2 aromatic carbocycles. The maximum atomic E-state index is 13.5. The summed E-state index contributed by atoms with van der Waals surface area (Å²) in [5.41, 5.74) is 2.41. The Labute approximate surface area is 147 Å². The molecular weight excluding hydrogens is 319 g/mol. The molecule has 0 aliphatic rings. The lowest BCUT2D eigenvalue weighted by molar-refractivity contribution is -0.123. The maximum Gasteiger partial charge on any atom is 0.240 e. The van der Waals surface area contributed by atoms with E-state index in [1.807, 2.05) is 24.3 Å². The lowest BCUT2D eigenvalue weighted by Gasteiger charge is -2.21. The summed E-state index contributed by atoms with van der Waals surface area (Å²) in [6.45, 7) is 3.75. The van der Waals surface area contributed by atoms with Crippen LogP contribution in [0.15, 0.2) is 48.5 Å². The van der Waals surface area contributed by atoms with Gasteiger partial charge < -0.3 is 10.2 Å². The quantitative estimate of drug-likeness (QED) is 0.840. The van der Waals surface area contributed by atoms with Crippen LogP contribution >= 0.6 is 0 Å².